The van der Waals surface area contributed by atoms with E-state index in [2.05, 4.69) is 5.32 Å². The lowest BCUT2D eigenvalue weighted by atomic mass is 10.2. The van der Waals surface area contributed by atoms with Crippen molar-refractivity contribution in [3.63, 3.8) is 0 Å². The smallest absolute Gasteiger partial charge is 0.307 e. The molecule has 0 bridgehead atoms. The summed E-state index contributed by atoms with van der Waals surface area (Å²) in [5.74, 6) is -3.56. The molecule has 0 spiro atoms. The van der Waals surface area contributed by atoms with Gasteiger partial charge in [0.15, 0.2) is 0 Å². The molecule has 2 aliphatic rings. The van der Waals surface area contributed by atoms with E-state index in [1.807, 2.05) is 0 Å². The number of carbonyl (C=O) groups is 2. The zero-order valence-electron chi connectivity index (χ0n) is 11.8. The summed E-state index contributed by atoms with van der Waals surface area (Å²) in [4.78, 5) is 24.2. The Morgan fingerprint density at radius 1 is 1.23 bits per heavy atom. The molecule has 2 fully saturated rings. The number of carboxylic acids is 1. The van der Waals surface area contributed by atoms with Gasteiger partial charge in [0, 0.05) is 19.1 Å². The number of hydrogen-bond acceptors (Lipinski definition) is 3. The number of hydrogen-bond donors (Lipinski definition) is 2. The summed E-state index contributed by atoms with van der Waals surface area (Å²) in [6, 6.07) is 3.49. The van der Waals surface area contributed by atoms with Gasteiger partial charge in [-0.1, -0.05) is 6.07 Å². The van der Waals surface area contributed by atoms with Crippen molar-refractivity contribution in [2.24, 2.45) is 11.8 Å². The molecule has 1 aromatic rings. The number of halogens is 2. The fourth-order valence-corrected chi connectivity index (χ4v) is 2.94. The molecule has 7 heteroatoms. The van der Waals surface area contributed by atoms with Crippen molar-refractivity contribution in [3.05, 3.63) is 29.8 Å². The largest absolute Gasteiger partial charge is 0.481 e. The number of aliphatic carboxylic acids is 1. The maximum Gasteiger partial charge on any atom is 0.307 e. The van der Waals surface area contributed by atoms with E-state index in [1.165, 1.54) is 18.2 Å². The highest BCUT2D eigenvalue weighted by molar-refractivity contribution is 5.89. The molecule has 118 valence electrons. The summed E-state index contributed by atoms with van der Waals surface area (Å²) in [5.41, 5.74) is -0.0749. The van der Waals surface area contributed by atoms with Crippen LogP contribution in [0.4, 0.5) is 14.5 Å². The Hall–Kier alpha value is -2.18. The number of nitrogens with zero attached hydrogens (tertiary/aromatic N) is 1. The second kappa shape index (κ2) is 5.55. The van der Waals surface area contributed by atoms with Crippen LogP contribution in [0.2, 0.25) is 0 Å². The minimum atomic E-state index is -0.957. The summed E-state index contributed by atoms with van der Waals surface area (Å²) in [7, 11) is 0. The Bertz CT molecular complexity index is 603. The molecule has 1 heterocycles. The van der Waals surface area contributed by atoms with Crippen molar-refractivity contribution in [3.8, 4) is 0 Å². The van der Waals surface area contributed by atoms with Crippen LogP contribution >= 0.6 is 0 Å². The van der Waals surface area contributed by atoms with Gasteiger partial charge in [-0.2, -0.15) is 0 Å². The van der Waals surface area contributed by atoms with Gasteiger partial charge in [0.25, 0.3) is 0 Å². The molecular weight excluding hydrogens is 294 g/mol. The lowest BCUT2D eigenvalue weighted by molar-refractivity contribution is -0.140. The van der Waals surface area contributed by atoms with Gasteiger partial charge < -0.3 is 15.3 Å². The molecule has 3 atom stereocenters. The quantitative estimate of drug-likeness (QED) is 0.881. The van der Waals surface area contributed by atoms with Crippen LogP contribution in [-0.4, -0.2) is 36.1 Å². The van der Waals surface area contributed by atoms with Crippen LogP contribution in [0, 0.1) is 23.5 Å². The van der Waals surface area contributed by atoms with Gasteiger partial charge in [-0.05, 0) is 25.0 Å². The van der Waals surface area contributed by atoms with Gasteiger partial charge in [0.2, 0.25) is 5.91 Å². The van der Waals surface area contributed by atoms with Crippen molar-refractivity contribution in [1.29, 1.82) is 0 Å². The van der Waals surface area contributed by atoms with Gasteiger partial charge in [-0.3, -0.25) is 9.59 Å². The van der Waals surface area contributed by atoms with E-state index in [0.29, 0.717) is 25.9 Å². The number of anilines is 1. The Morgan fingerprint density at radius 3 is 2.50 bits per heavy atom. The van der Waals surface area contributed by atoms with Crippen LogP contribution in [0.1, 0.15) is 12.8 Å². The molecule has 1 aliphatic carbocycles. The minimum absolute atomic E-state index is 0.0749. The SMILES string of the molecule is O=C(O)C1CC1C(=O)NC1CCN(c2c(F)cccc2F)C1. The second-order valence-corrected chi connectivity index (χ2v) is 5.80. The monoisotopic (exact) mass is 310 g/mol. The molecule has 3 rings (SSSR count). The summed E-state index contributed by atoms with van der Waals surface area (Å²) < 4.78 is 27.5. The molecule has 0 radical (unpaired) electrons. The van der Waals surface area contributed by atoms with Crippen LogP contribution in [0.15, 0.2) is 18.2 Å². The minimum Gasteiger partial charge on any atom is -0.481 e. The summed E-state index contributed by atoms with van der Waals surface area (Å²) >= 11 is 0. The van der Waals surface area contributed by atoms with Gasteiger partial charge in [-0.25, -0.2) is 8.78 Å². The topological polar surface area (TPSA) is 69.6 Å². The van der Waals surface area contributed by atoms with Crippen molar-refractivity contribution in [2.45, 2.75) is 18.9 Å². The zero-order chi connectivity index (χ0) is 15.9. The lowest BCUT2D eigenvalue weighted by Gasteiger charge is -2.20. The van der Waals surface area contributed by atoms with Gasteiger partial charge in [0.1, 0.15) is 17.3 Å². The first-order chi connectivity index (χ1) is 10.5. The van der Waals surface area contributed by atoms with E-state index in [1.54, 1.807) is 4.90 Å². The Balaban J connectivity index is 1.59. The third-order valence-electron chi connectivity index (χ3n) is 4.23. The molecule has 1 aliphatic heterocycles. The number of nitrogens with one attached hydrogen (secondary N) is 1. The second-order valence-electron chi connectivity index (χ2n) is 5.80. The third-order valence-corrected chi connectivity index (χ3v) is 4.23. The molecule has 1 saturated heterocycles. The highest BCUT2D eigenvalue weighted by Gasteiger charge is 2.48. The maximum atomic E-state index is 13.7. The van der Waals surface area contributed by atoms with Crippen LogP contribution in [0.25, 0.3) is 0 Å². The molecule has 3 unspecified atom stereocenters. The zero-order valence-corrected chi connectivity index (χ0v) is 11.8. The van der Waals surface area contributed by atoms with Crippen molar-refractivity contribution < 1.29 is 23.5 Å². The first kappa shape index (κ1) is 14.7. The number of benzene rings is 1. The van der Waals surface area contributed by atoms with E-state index >= 15 is 0 Å². The molecule has 1 saturated carbocycles. The van der Waals surface area contributed by atoms with Crippen LogP contribution < -0.4 is 10.2 Å². The summed E-state index contributed by atoms with van der Waals surface area (Å²) in [6.07, 6.45) is 0.934. The molecule has 22 heavy (non-hydrogen) atoms. The normalized spacial score (nSPS) is 26.8. The van der Waals surface area contributed by atoms with E-state index in [4.69, 9.17) is 5.11 Å². The van der Waals surface area contributed by atoms with E-state index < -0.39 is 29.4 Å². The average Bonchev–Trinajstić information content (AvgIpc) is 3.15. The molecule has 0 aromatic heterocycles. The number of rotatable bonds is 4. The molecule has 1 amide bonds. The first-order valence-corrected chi connectivity index (χ1v) is 7.19. The third kappa shape index (κ3) is 2.75. The highest BCUT2D eigenvalue weighted by Crippen LogP contribution is 2.39. The average molecular weight is 310 g/mol. The lowest BCUT2D eigenvalue weighted by Crippen LogP contribution is -2.38. The fraction of sp³-hybridized carbons (Fsp3) is 0.467. The number of para-hydroxylation sites is 1. The molecular formula is C15H16F2N2O3. The molecule has 2 N–H and O–H groups in total. The highest BCUT2D eigenvalue weighted by atomic mass is 19.1. The summed E-state index contributed by atoms with van der Waals surface area (Å²) in [5, 5.41) is 11.6. The molecule has 1 aromatic carbocycles. The van der Waals surface area contributed by atoms with Gasteiger partial charge >= 0.3 is 5.97 Å². The van der Waals surface area contributed by atoms with Crippen LogP contribution in [0.3, 0.4) is 0 Å². The predicted molar refractivity (Wildman–Crippen MR) is 74.4 cm³/mol. The maximum absolute atomic E-state index is 13.7. The number of carbonyl (C=O) groups excluding carboxylic acids is 1. The van der Waals surface area contributed by atoms with Gasteiger partial charge in [0.05, 0.1) is 11.8 Å². The first-order valence-electron chi connectivity index (χ1n) is 7.19. The Morgan fingerprint density at radius 2 is 1.91 bits per heavy atom. The van der Waals surface area contributed by atoms with E-state index in [-0.39, 0.29) is 17.6 Å². The predicted octanol–water partition coefficient (Wildman–Crippen LogP) is 1.38. The standard InChI is InChI=1S/C15H16F2N2O3/c16-11-2-1-3-12(17)13(11)19-5-4-8(7-19)18-14(20)9-6-10(9)15(21)22/h1-3,8-10H,4-7H2,(H,18,20)(H,21,22). The van der Waals surface area contributed by atoms with E-state index in [9.17, 15) is 18.4 Å². The van der Waals surface area contributed by atoms with Crippen molar-refractivity contribution in [2.75, 3.05) is 18.0 Å². The van der Waals surface area contributed by atoms with Crippen LogP contribution in [0.5, 0.6) is 0 Å². The van der Waals surface area contributed by atoms with Crippen molar-refractivity contribution >= 4 is 17.6 Å². The van der Waals surface area contributed by atoms with Gasteiger partial charge in [-0.15, -0.1) is 0 Å². The summed E-state index contributed by atoms with van der Waals surface area (Å²) in [6.45, 7) is 0.754. The van der Waals surface area contributed by atoms with Crippen LogP contribution in [-0.2, 0) is 9.59 Å². The number of carboxylic acid groups (broad SMARTS) is 1. The number of amides is 1. The fourth-order valence-electron chi connectivity index (χ4n) is 2.94. The van der Waals surface area contributed by atoms with E-state index in [0.717, 1.165) is 0 Å². The molecule has 5 nitrogen and oxygen atoms in total. The van der Waals surface area contributed by atoms with Crippen molar-refractivity contribution in [1.82, 2.24) is 5.32 Å². The Labute approximate surface area is 125 Å². The Kier molecular flexibility index (Phi) is 3.72.